The van der Waals surface area contributed by atoms with Gasteiger partial charge in [-0.25, -0.2) is 9.67 Å². The number of nitrogens with zero attached hydrogens (tertiary/aromatic N) is 4. The first-order valence-corrected chi connectivity index (χ1v) is 7.79. The second kappa shape index (κ2) is 7.34. The lowest BCUT2D eigenvalue weighted by atomic mass is 10.2. The molecule has 0 spiro atoms. The summed E-state index contributed by atoms with van der Waals surface area (Å²) in [7, 11) is 0. The molecule has 1 aliphatic rings. The Labute approximate surface area is 135 Å². The van der Waals surface area contributed by atoms with Gasteiger partial charge in [0.1, 0.15) is 12.7 Å². The number of rotatable bonds is 5. The molecule has 0 radical (unpaired) electrons. The fourth-order valence-electron chi connectivity index (χ4n) is 2.60. The molecule has 0 unspecified atom stereocenters. The number of morpholine rings is 1. The highest BCUT2D eigenvalue weighted by atomic mass is 16.5. The first kappa shape index (κ1) is 15.6. The first-order valence-electron chi connectivity index (χ1n) is 7.79. The molecule has 1 saturated heterocycles. The highest BCUT2D eigenvalue weighted by molar-refractivity contribution is 5.94. The summed E-state index contributed by atoms with van der Waals surface area (Å²) >= 11 is 0. The molecule has 1 amide bonds. The van der Waals surface area contributed by atoms with Crippen molar-refractivity contribution in [1.82, 2.24) is 25.0 Å². The number of carbonyl (C=O) groups is 1. The van der Waals surface area contributed by atoms with Crippen LogP contribution in [0.2, 0.25) is 0 Å². The van der Waals surface area contributed by atoms with Gasteiger partial charge in [0.2, 0.25) is 0 Å². The molecule has 3 rings (SSSR count). The Morgan fingerprint density at radius 3 is 2.70 bits per heavy atom. The van der Waals surface area contributed by atoms with Crippen molar-refractivity contribution in [3.8, 4) is 5.69 Å². The number of aromatic nitrogens is 3. The zero-order chi connectivity index (χ0) is 16.1. The fraction of sp³-hybridized carbons (Fsp3) is 0.438. The van der Waals surface area contributed by atoms with E-state index in [0.717, 1.165) is 32.0 Å². The van der Waals surface area contributed by atoms with Crippen LogP contribution in [0.1, 0.15) is 17.3 Å². The van der Waals surface area contributed by atoms with E-state index in [4.69, 9.17) is 4.74 Å². The Balaban J connectivity index is 1.53. The van der Waals surface area contributed by atoms with E-state index >= 15 is 0 Å². The average Bonchev–Trinajstić information content (AvgIpc) is 3.15. The second-order valence-electron chi connectivity index (χ2n) is 5.59. The van der Waals surface area contributed by atoms with Crippen molar-refractivity contribution in [2.75, 3.05) is 32.8 Å². The van der Waals surface area contributed by atoms with Crippen molar-refractivity contribution >= 4 is 5.91 Å². The van der Waals surface area contributed by atoms with E-state index in [-0.39, 0.29) is 5.91 Å². The third kappa shape index (κ3) is 3.94. The number of benzene rings is 1. The second-order valence-corrected chi connectivity index (χ2v) is 5.59. The largest absolute Gasteiger partial charge is 0.379 e. The number of amides is 1. The van der Waals surface area contributed by atoms with E-state index in [0.29, 0.717) is 18.2 Å². The van der Waals surface area contributed by atoms with Gasteiger partial charge in [-0.3, -0.25) is 9.69 Å². The van der Waals surface area contributed by atoms with Gasteiger partial charge in [0.25, 0.3) is 5.91 Å². The van der Waals surface area contributed by atoms with Crippen LogP contribution in [0.3, 0.4) is 0 Å². The highest BCUT2D eigenvalue weighted by Crippen LogP contribution is 2.08. The van der Waals surface area contributed by atoms with Gasteiger partial charge in [0, 0.05) is 31.2 Å². The number of nitrogens with one attached hydrogen (secondary N) is 1. The lowest BCUT2D eigenvalue weighted by Gasteiger charge is -2.32. The van der Waals surface area contributed by atoms with Gasteiger partial charge >= 0.3 is 0 Å². The number of carbonyl (C=O) groups excluding carboxylic acids is 1. The monoisotopic (exact) mass is 315 g/mol. The first-order chi connectivity index (χ1) is 11.2. The molecule has 2 heterocycles. The summed E-state index contributed by atoms with van der Waals surface area (Å²) in [5.74, 6) is -0.0600. The van der Waals surface area contributed by atoms with E-state index in [1.807, 2.05) is 12.1 Å². The van der Waals surface area contributed by atoms with Crippen molar-refractivity contribution in [1.29, 1.82) is 0 Å². The molecular formula is C16H21N5O2. The summed E-state index contributed by atoms with van der Waals surface area (Å²) in [6.45, 7) is 6.13. The van der Waals surface area contributed by atoms with Crippen LogP contribution < -0.4 is 5.32 Å². The maximum atomic E-state index is 12.2. The molecule has 1 aromatic carbocycles. The third-order valence-corrected chi connectivity index (χ3v) is 4.04. The number of ether oxygens (including phenoxy) is 1. The van der Waals surface area contributed by atoms with Crippen molar-refractivity contribution in [3.63, 3.8) is 0 Å². The zero-order valence-electron chi connectivity index (χ0n) is 13.2. The Kier molecular flexibility index (Phi) is 4.99. The molecule has 7 nitrogen and oxygen atoms in total. The molecule has 0 bridgehead atoms. The van der Waals surface area contributed by atoms with Gasteiger partial charge in [-0.15, -0.1) is 0 Å². The summed E-state index contributed by atoms with van der Waals surface area (Å²) < 4.78 is 7.00. The quantitative estimate of drug-likeness (QED) is 0.880. The molecule has 122 valence electrons. The summed E-state index contributed by atoms with van der Waals surface area (Å²) in [5, 5.41) is 7.06. The van der Waals surface area contributed by atoms with Gasteiger partial charge in [0.05, 0.1) is 18.9 Å². The number of hydrogen-bond acceptors (Lipinski definition) is 5. The molecule has 1 aromatic heterocycles. The molecule has 2 aromatic rings. The molecule has 7 heteroatoms. The summed E-state index contributed by atoms with van der Waals surface area (Å²) in [5.41, 5.74) is 1.52. The highest BCUT2D eigenvalue weighted by Gasteiger charge is 2.17. The Morgan fingerprint density at radius 1 is 1.30 bits per heavy atom. The van der Waals surface area contributed by atoms with Crippen LogP contribution in [0.15, 0.2) is 36.9 Å². The van der Waals surface area contributed by atoms with Gasteiger partial charge in [-0.1, -0.05) is 0 Å². The topological polar surface area (TPSA) is 72.3 Å². The van der Waals surface area contributed by atoms with Crippen molar-refractivity contribution in [3.05, 3.63) is 42.5 Å². The predicted octanol–water partition coefficient (Wildman–Crippen LogP) is 0.718. The summed E-state index contributed by atoms with van der Waals surface area (Å²) in [6, 6.07) is 7.61. The molecule has 0 aliphatic carbocycles. The summed E-state index contributed by atoms with van der Waals surface area (Å²) in [4.78, 5) is 18.5. The predicted molar refractivity (Wildman–Crippen MR) is 85.5 cm³/mol. The molecule has 0 saturated carbocycles. The zero-order valence-corrected chi connectivity index (χ0v) is 13.2. The molecule has 23 heavy (non-hydrogen) atoms. The summed E-state index contributed by atoms with van der Waals surface area (Å²) in [6.07, 6.45) is 3.10. The standard InChI is InChI=1S/C16H21N5O2/c1-13(20-6-8-23-9-7-20)10-18-16(22)14-2-4-15(5-3-14)21-12-17-11-19-21/h2-5,11-13H,6-10H2,1H3,(H,18,22)/t13-/m0/s1. The van der Waals surface area contributed by atoms with Gasteiger partial charge in [-0.2, -0.15) is 5.10 Å². The van der Waals surface area contributed by atoms with Gasteiger partial charge in [-0.05, 0) is 31.2 Å². The van der Waals surface area contributed by atoms with Crippen LogP contribution >= 0.6 is 0 Å². The van der Waals surface area contributed by atoms with E-state index < -0.39 is 0 Å². The normalized spacial score (nSPS) is 16.9. The van der Waals surface area contributed by atoms with Gasteiger partial charge < -0.3 is 10.1 Å². The maximum absolute atomic E-state index is 12.2. The minimum absolute atomic E-state index is 0.0600. The van der Waals surface area contributed by atoms with Crippen LogP contribution in [-0.4, -0.2) is 64.5 Å². The Morgan fingerprint density at radius 2 is 2.04 bits per heavy atom. The lowest BCUT2D eigenvalue weighted by molar-refractivity contribution is 0.0204. The smallest absolute Gasteiger partial charge is 0.251 e. The van der Waals surface area contributed by atoms with Crippen LogP contribution in [0.4, 0.5) is 0 Å². The van der Waals surface area contributed by atoms with Gasteiger partial charge in [0.15, 0.2) is 0 Å². The maximum Gasteiger partial charge on any atom is 0.251 e. The molecule has 1 fully saturated rings. The van der Waals surface area contributed by atoms with Crippen molar-refractivity contribution in [2.45, 2.75) is 13.0 Å². The lowest BCUT2D eigenvalue weighted by Crippen LogP contribution is -2.47. The van der Waals surface area contributed by atoms with E-state index in [9.17, 15) is 4.79 Å². The van der Waals surface area contributed by atoms with E-state index in [1.165, 1.54) is 6.33 Å². The van der Waals surface area contributed by atoms with Crippen LogP contribution in [0, 0.1) is 0 Å². The third-order valence-electron chi connectivity index (χ3n) is 4.04. The van der Waals surface area contributed by atoms with E-state index in [1.54, 1.807) is 23.1 Å². The molecule has 1 atom stereocenters. The number of hydrogen-bond donors (Lipinski definition) is 1. The average molecular weight is 315 g/mol. The molecule has 1 aliphatic heterocycles. The van der Waals surface area contributed by atoms with E-state index in [2.05, 4.69) is 27.2 Å². The Hall–Kier alpha value is -2.25. The fourth-order valence-corrected chi connectivity index (χ4v) is 2.60. The molecular weight excluding hydrogens is 294 g/mol. The van der Waals surface area contributed by atoms with Crippen molar-refractivity contribution < 1.29 is 9.53 Å². The van der Waals surface area contributed by atoms with Crippen LogP contribution in [0.25, 0.3) is 5.69 Å². The molecule has 1 N–H and O–H groups in total. The van der Waals surface area contributed by atoms with Crippen LogP contribution in [-0.2, 0) is 4.74 Å². The van der Waals surface area contributed by atoms with Crippen LogP contribution in [0.5, 0.6) is 0 Å². The minimum atomic E-state index is -0.0600. The van der Waals surface area contributed by atoms with Crippen molar-refractivity contribution in [2.24, 2.45) is 0 Å². The SMILES string of the molecule is C[C@@H](CNC(=O)c1ccc(-n2cncn2)cc1)N1CCOCC1. The minimum Gasteiger partial charge on any atom is -0.379 e. The Bertz CT molecular complexity index is 620.